The Morgan fingerprint density at radius 2 is 2.30 bits per heavy atom. The van der Waals surface area contributed by atoms with Gasteiger partial charge in [0, 0.05) is 0 Å². The van der Waals surface area contributed by atoms with Crippen LogP contribution in [0.15, 0.2) is 0 Å². The van der Waals surface area contributed by atoms with Gasteiger partial charge in [0.05, 0.1) is 6.61 Å². The zero-order chi connectivity index (χ0) is 7.82. The lowest BCUT2D eigenvalue weighted by atomic mass is 10.5. The molecule has 0 fully saturated rings. The Labute approximate surface area is 60.9 Å². The molecule has 0 aliphatic carbocycles. The van der Waals surface area contributed by atoms with Gasteiger partial charge in [0.1, 0.15) is 0 Å². The summed E-state index contributed by atoms with van der Waals surface area (Å²) >= 11 is 0. The molecule has 0 radical (unpaired) electrons. The van der Waals surface area contributed by atoms with Gasteiger partial charge in [-0.1, -0.05) is 6.92 Å². The first-order valence-corrected chi connectivity index (χ1v) is 3.20. The molecule has 0 aliphatic heterocycles. The van der Waals surface area contributed by atoms with E-state index in [2.05, 4.69) is 21.6 Å². The van der Waals surface area contributed by atoms with Crippen molar-refractivity contribution < 1.29 is 14.9 Å². The number of hydrogen-bond donors (Lipinski definition) is 1. The van der Waals surface area contributed by atoms with E-state index in [0.717, 1.165) is 6.42 Å². The average Bonchev–Trinajstić information content (AvgIpc) is 1.89. The van der Waals surface area contributed by atoms with E-state index in [9.17, 15) is 0 Å². The first kappa shape index (κ1) is 9.44. The molecule has 0 spiro atoms. The molecule has 0 aromatic rings. The predicted octanol–water partition coefficient (Wildman–Crippen LogP) is 0.686. The number of aliphatic hydroxyl groups is 1. The Kier molecular flexibility index (Phi) is 6.19. The fourth-order valence-corrected chi connectivity index (χ4v) is 0.343. The molecule has 58 valence electrons. The molecule has 0 heterocycles. The molecule has 0 aliphatic rings. The molecule has 0 saturated heterocycles. The highest BCUT2D eigenvalue weighted by Gasteiger charge is 1.96. The van der Waals surface area contributed by atoms with Crippen LogP contribution in [0.25, 0.3) is 0 Å². The summed E-state index contributed by atoms with van der Waals surface area (Å²) in [7, 11) is 0. The number of rotatable bonds is 4. The lowest BCUT2D eigenvalue weighted by molar-refractivity contribution is -0.352. The van der Waals surface area contributed by atoms with Gasteiger partial charge in [-0.3, -0.25) is 0 Å². The molecule has 3 heteroatoms. The minimum absolute atomic E-state index is 0.475. The summed E-state index contributed by atoms with van der Waals surface area (Å²) in [4.78, 5) is 8.95. The van der Waals surface area contributed by atoms with E-state index in [0.29, 0.717) is 6.61 Å². The van der Waals surface area contributed by atoms with Crippen molar-refractivity contribution >= 4 is 0 Å². The fraction of sp³-hybridized carbons (Fsp3) is 0.714. The molecule has 0 bridgehead atoms. The van der Waals surface area contributed by atoms with Crippen LogP contribution >= 0.6 is 0 Å². The van der Waals surface area contributed by atoms with Crippen molar-refractivity contribution in [3.63, 3.8) is 0 Å². The quantitative estimate of drug-likeness (QED) is 0.207. The van der Waals surface area contributed by atoms with Crippen molar-refractivity contribution in [1.82, 2.24) is 0 Å². The van der Waals surface area contributed by atoms with Crippen LogP contribution in [0.2, 0.25) is 0 Å². The fourth-order valence-electron chi connectivity index (χ4n) is 0.343. The molecular weight excluding hydrogens is 132 g/mol. The maximum atomic E-state index is 8.75. The number of hydrogen-bond acceptors (Lipinski definition) is 3. The summed E-state index contributed by atoms with van der Waals surface area (Å²) in [6, 6.07) is 0. The van der Waals surface area contributed by atoms with E-state index in [1.165, 1.54) is 0 Å². The SMILES string of the molecule is CC#CC(O)OOCCC. The van der Waals surface area contributed by atoms with Crippen molar-refractivity contribution in [2.75, 3.05) is 6.61 Å². The molecule has 0 amide bonds. The second-order valence-corrected chi connectivity index (χ2v) is 1.66. The van der Waals surface area contributed by atoms with Crippen molar-refractivity contribution in [1.29, 1.82) is 0 Å². The highest BCUT2D eigenvalue weighted by molar-refractivity contribution is 4.97. The first-order chi connectivity index (χ1) is 4.81. The Morgan fingerprint density at radius 1 is 1.60 bits per heavy atom. The topological polar surface area (TPSA) is 38.7 Å². The zero-order valence-corrected chi connectivity index (χ0v) is 6.26. The summed E-state index contributed by atoms with van der Waals surface area (Å²) in [5, 5.41) is 8.75. The van der Waals surface area contributed by atoms with Crippen molar-refractivity contribution in [2.45, 2.75) is 26.6 Å². The molecule has 3 nitrogen and oxygen atoms in total. The monoisotopic (exact) mass is 144 g/mol. The summed E-state index contributed by atoms with van der Waals surface area (Å²) in [5.74, 6) is 4.85. The van der Waals surface area contributed by atoms with Crippen LogP contribution in [-0.2, 0) is 9.78 Å². The zero-order valence-electron chi connectivity index (χ0n) is 6.26. The van der Waals surface area contributed by atoms with Crippen LogP contribution in [0.1, 0.15) is 20.3 Å². The molecule has 10 heavy (non-hydrogen) atoms. The van der Waals surface area contributed by atoms with Gasteiger partial charge in [0.15, 0.2) is 0 Å². The van der Waals surface area contributed by atoms with Gasteiger partial charge in [0.2, 0.25) is 0 Å². The van der Waals surface area contributed by atoms with Crippen LogP contribution in [0, 0.1) is 11.8 Å². The van der Waals surface area contributed by atoms with Crippen LogP contribution < -0.4 is 0 Å². The molecule has 1 unspecified atom stereocenters. The molecule has 0 aromatic heterocycles. The third kappa shape index (κ3) is 5.57. The van der Waals surface area contributed by atoms with Crippen molar-refractivity contribution in [3.05, 3.63) is 0 Å². The van der Waals surface area contributed by atoms with Crippen LogP contribution in [-0.4, -0.2) is 18.0 Å². The van der Waals surface area contributed by atoms with Gasteiger partial charge in [-0.2, -0.15) is 4.89 Å². The summed E-state index contributed by atoms with van der Waals surface area (Å²) in [6.45, 7) is 4.04. The van der Waals surface area contributed by atoms with Gasteiger partial charge in [-0.25, -0.2) is 4.89 Å². The van der Waals surface area contributed by atoms with E-state index in [1.807, 2.05) is 6.92 Å². The minimum Gasteiger partial charge on any atom is -0.356 e. The smallest absolute Gasteiger partial charge is 0.251 e. The van der Waals surface area contributed by atoms with E-state index < -0.39 is 6.29 Å². The lowest BCUT2D eigenvalue weighted by Crippen LogP contribution is -2.09. The molecule has 0 saturated carbocycles. The molecule has 1 N–H and O–H groups in total. The maximum Gasteiger partial charge on any atom is 0.251 e. The Bertz CT molecular complexity index is 123. The highest BCUT2D eigenvalue weighted by atomic mass is 17.2. The minimum atomic E-state index is -1.11. The summed E-state index contributed by atoms with van der Waals surface area (Å²) in [6.07, 6.45) is -0.261. The van der Waals surface area contributed by atoms with Gasteiger partial charge < -0.3 is 5.11 Å². The lowest BCUT2D eigenvalue weighted by Gasteiger charge is -2.02. The van der Waals surface area contributed by atoms with E-state index in [4.69, 9.17) is 5.11 Å². The third-order valence-corrected chi connectivity index (χ3v) is 0.714. The van der Waals surface area contributed by atoms with Gasteiger partial charge in [-0.05, 0) is 19.3 Å². The van der Waals surface area contributed by atoms with Gasteiger partial charge in [0.25, 0.3) is 6.29 Å². The molecule has 0 rings (SSSR count). The molecular formula is C7H12O3. The molecule has 0 aromatic carbocycles. The largest absolute Gasteiger partial charge is 0.356 e. The van der Waals surface area contributed by atoms with Gasteiger partial charge in [-0.15, -0.1) is 5.92 Å². The van der Waals surface area contributed by atoms with Crippen molar-refractivity contribution in [2.24, 2.45) is 0 Å². The van der Waals surface area contributed by atoms with Crippen molar-refractivity contribution in [3.8, 4) is 11.8 Å². The Morgan fingerprint density at radius 3 is 2.80 bits per heavy atom. The number of aliphatic hydroxyl groups excluding tert-OH is 1. The van der Waals surface area contributed by atoms with Crippen LogP contribution in [0.3, 0.4) is 0 Å². The van der Waals surface area contributed by atoms with E-state index in [-0.39, 0.29) is 0 Å². The second-order valence-electron chi connectivity index (χ2n) is 1.66. The average molecular weight is 144 g/mol. The molecule has 1 atom stereocenters. The van der Waals surface area contributed by atoms with Gasteiger partial charge >= 0.3 is 0 Å². The third-order valence-electron chi connectivity index (χ3n) is 0.714. The normalized spacial score (nSPS) is 11.9. The Balaban J connectivity index is 3.18. The van der Waals surface area contributed by atoms with Crippen LogP contribution in [0.5, 0.6) is 0 Å². The second kappa shape index (κ2) is 6.56. The first-order valence-electron chi connectivity index (χ1n) is 3.20. The summed E-state index contributed by atoms with van der Waals surface area (Å²) in [5.41, 5.74) is 0. The highest BCUT2D eigenvalue weighted by Crippen LogP contribution is 1.87. The maximum absolute atomic E-state index is 8.75. The van der Waals surface area contributed by atoms with E-state index in [1.54, 1.807) is 6.92 Å². The standard InChI is InChI=1S/C7H12O3/c1-3-5-7(8)10-9-6-4-2/h7-8H,4,6H2,1-2H3. The summed E-state index contributed by atoms with van der Waals surface area (Å²) < 4.78 is 0. The Hall–Kier alpha value is -0.560. The van der Waals surface area contributed by atoms with E-state index >= 15 is 0 Å². The van der Waals surface area contributed by atoms with Crippen LogP contribution in [0.4, 0.5) is 0 Å². The predicted molar refractivity (Wildman–Crippen MR) is 36.8 cm³/mol.